The number of hydrogen-bond donors (Lipinski definition) is 2. The first kappa shape index (κ1) is 21.1. The van der Waals surface area contributed by atoms with Crippen LogP contribution in [-0.4, -0.2) is 38.2 Å². The van der Waals surface area contributed by atoms with Crippen molar-refractivity contribution in [3.8, 4) is 0 Å². The summed E-state index contributed by atoms with van der Waals surface area (Å²) in [6, 6.07) is 10.2. The van der Waals surface area contributed by atoms with E-state index in [1.165, 1.54) is 0 Å². The molecule has 4 rings (SSSR count). The van der Waals surface area contributed by atoms with Gasteiger partial charge in [0.05, 0.1) is 0 Å². The Morgan fingerprint density at radius 1 is 1.29 bits per heavy atom. The molecule has 8 nitrogen and oxygen atoms in total. The van der Waals surface area contributed by atoms with Gasteiger partial charge in [0.25, 0.3) is 5.56 Å². The number of nitrogens with two attached hydrogens (primary N) is 1. The smallest absolute Gasteiger partial charge is 0.281 e. The first-order valence-electron chi connectivity index (χ1n) is 10.8. The van der Waals surface area contributed by atoms with Gasteiger partial charge in [0.15, 0.2) is 11.2 Å². The van der Waals surface area contributed by atoms with Gasteiger partial charge in [-0.1, -0.05) is 42.0 Å². The van der Waals surface area contributed by atoms with E-state index in [1.54, 1.807) is 11.6 Å². The number of allylic oxidation sites excluding steroid dienone is 2. The number of nitrogens with one attached hydrogen (secondary N) is 1. The lowest BCUT2D eigenvalue weighted by Crippen LogP contribution is -2.44. The topological polar surface area (TPSA) is 94.0 Å². The standard InChI is InChI=1S/C23H31N7O/c1-4-16(2)14-30-19-20(27-23(30)29-12-8-11-18(24)15-29)26-22(28(3)21(19)31)25-13-17-9-6-5-7-10-17/h4-7,9-10,18H,8,11-15,24H2,1-3H3,(H,25,26)/b16-4+. The van der Waals surface area contributed by atoms with Crippen molar-refractivity contribution in [3.05, 3.63) is 57.9 Å². The number of piperidine rings is 1. The Labute approximate surface area is 182 Å². The predicted molar refractivity (Wildman–Crippen MR) is 125 cm³/mol. The SMILES string of the molecule is C/C=C(\C)Cn1c(N2CCCC(N)C2)nc2nc(NCc3ccccc3)n(C)c(=O)c21. The van der Waals surface area contributed by atoms with Gasteiger partial charge in [-0.05, 0) is 32.3 Å². The van der Waals surface area contributed by atoms with Crippen LogP contribution in [-0.2, 0) is 20.1 Å². The lowest BCUT2D eigenvalue weighted by molar-refractivity contribution is 0.495. The highest BCUT2D eigenvalue weighted by Gasteiger charge is 2.25. The molecule has 31 heavy (non-hydrogen) atoms. The van der Waals surface area contributed by atoms with Crippen molar-refractivity contribution in [3.63, 3.8) is 0 Å². The van der Waals surface area contributed by atoms with Gasteiger partial charge in [-0.3, -0.25) is 9.36 Å². The van der Waals surface area contributed by atoms with Crippen molar-refractivity contribution in [2.75, 3.05) is 23.3 Å². The van der Waals surface area contributed by atoms with E-state index in [0.717, 1.165) is 43.0 Å². The fourth-order valence-electron chi connectivity index (χ4n) is 4.01. The van der Waals surface area contributed by atoms with Crippen LogP contribution in [0.3, 0.4) is 0 Å². The highest BCUT2D eigenvalue weighted by atomic mass is 16.1. The Bertz CT molecular complexity index is 1150. The quantitative estimate of drug-likeness (QED) is 0.594. The van der Waals surface area contributed by atoms with Crippen LogP contribution < -0.4 is 21.5 Å². The van der Waals surface area contributed by atoms with Crippen LogP contribution in [0.4, 0.5) is 11.9 Å². The molecule has 0 spiro atoms. The van der Waals surface area contributed by atoms with E-state index in [-0.39, 0.29) is 11.6 Å². The molecular formula is C23H31N7O. The summed E-state index contributed by atoms with van der Waals surface area (Å²) in [5.74, 6) is 1.28. The number of hydrogen-bond acceptors (Lipinski definition) is 6. The lowest BCUT2D eigenvalue weighted by atomic mass is 10.1. The minimum atomic E-state index is -0.107. The van der Waals surface area contributed by atoms with Crippen LogP contribution in [0, 0.1) is 0 Å². The zero-order valence-electron chi connectivity index (χ0n) is 18.5. The zero-order valence-corrected chi connectivity index (χ0v) is 18.5. The van der Waals surface area contributed by atoms with E-state index >= 15 is 0 Å². The van der Waals surface area contributed by atoms with E-state index in [1.807, 2.05) is 41.8 Å². The van der Waals surface area contributed by atoms with Gasteiger partial charge in [0.1, 0.15) is 0 Å². The van der Waals surface area contributed by atoms with Crippen molar-refractivity contribution in [1.82, 2.24) is 19.1 Å². The summed E-state index contributed by atoms with van der Waals surface area (Å²) in [5.41, 5.74) is 9.40. The molecule has 0 bridgehead atoms. The molecule has 1 atom stereocenters. The molecule has 3 N–H and O–H groups in total. The normalized spacial score (nSPS) is 17.4. The monoisotopic (exact) mass is 421 g/mol. The van der Waals surface area contributed by atoms with Gasteiger partial charge >= 0.3 is 0 Å². The van der Waals surface area contributed by atoms with Crippen molar-refractivity contribution in [1.29, 1.82) is 0 Å². The fourth-order valence-corrected chi connectivity index (χ4v) is 4.01. The molecule has 1 saturated heterocycles. The first-order chi connectivity index (χ1) is 15.0. The Balaban J connectivity index is 1.77. The summed E-state index contributed by atoms with van der Waals surface area (Å²) in [7, 11) is 1.75. The molecule has 0 saturated carbocycles. The molecule has 1 unspecified atom stereocenters. The Morgan fingerprint density at radius 3 is 2.77 bits per heavy atom. The molecule has 1 aliphatic rings. The van der Waals surface area contributed by atoms with E-state index < -0.39 is 0 Å². The molecule has 8 heteroatoms. The van der Waals surface area contributed by atoms with Crippen molar-refractivity contribution >= 4 is 23.1 Å². The molecule has 1 fully saturated rings. The molecule has 3 aromatic rings. The zero-order chi connectivity index (χ0) is 22.0. The molecule has 3 heterocycles. The Morgan fingerprint density at radius 2 is 2.06 bits per heavy atom. The van der Waals surface area contributed by atoms with Gasteiger partial charge in [-0.15, -0.1) is 0 Å². The minimum Gasteiger partial charge on any atom is -0.351 e. The maximum absolute atomic E-state index is 13.4. The fraction of sp³-hybridized carbons (Fsp3) is 0.435. The van der Waals surface area contributed by atoms with Crippen LogP contribution in [0.15, 0.2) is 46.8 Å². The highest BCUT2D eigenvalue weighted by Crippen LogP contribution is 2.24. The summed E-state index contributed by atoms with van der Waals surface area (Å²) in [6.45, 7) is 6.86. The first-order valence-corrected chi connectivity index (χ1v) is 10.8. The molecule has 1 aliphatic heterocycles. The van der Waals surface area contributed by atoms with Gasteiger partial charge in [0, 0.05) is 39.3 Å². The van der Waals surface area contributed by atoms with Crippen molar-refractivity contribution < 1.29 is 0 Å². The number of benzene rings is 1. The molecular weight excluding hydrogens is 390 g/mol. The maximum Gasteiger partial charge on any atom is 0.281 e. The highest BCUT2D eigenvalue weighted by molar-refractivity contribution is 5.75. The second-order valence-electron chi connectivity index (χ2n) is 8.29. The molecule has 164 valence electrons. The number of aromatic nitrogens is 4. The third kappa shape index (κ3) is 4.34. The van der Waals surface area contributed by atoms with Gasteiger partial charge in [-0.25, -0.2) is 0 Å². The maximum atomic E-state index is 13.4. The Hall–Kier alpha value is -3.13. The number of nitrogens with zero attached hydrogens (tertiary/aromatic N) is 5. The molecule has 0 amide bonds. The number of anilines is 2. The molecule has 0 radical (unpaired) electrons. The van der Waals surface area contributed by atoms with Gasteiger partial charge in [0.2, 0.25) is 11.9 Å². The second kappa shape index (κ2) is 8.93. The molecule has 2 aromatic heterocycles. The van der Waals surface area contributed by atoms with Crippen LogP contribution >= 0.6 is 0 Å². The van der Waals surface area contributed by atoms with Gasteiger partial charge in [-0.2, -0.15) is 9.97 Å². The summed E-state index contributed by atoms with van der Waals surface area (Å²) in [4.78, 5) is 25.1. The second-order valence-corrected chi connectivity index (χ2v) is 8.29. The van der Waals surface area contributed by atoms with Crippen LogP contribution in [0.2, 0.25) is 0 Å². The van der Waals surface area contributed by atoms with Crippen LogP contribution in [0.25, 0.3) is 11.2 Å². The molecule has 1 aromatic carbocycles. The summed E-state index contributed by atoms with van der Waals surface area (Å²) in [6.07, 6.45) is 4.09. The third-order valence-corrected chi connectivity index (χ3v) is 5.90. The average Bonchev–Trinajstić information content (AvgIpc) is 3.14. The summed E-state index contributed by atoms with van der Waals surface area (Å²) < 4.78 is 3.57. The lowest BCUT2D eigenvalue weighted by Gasteiger charge is -2.31. The third-order valence-electron chi connectivity index (χ3n) is 5.90. The van der Waals surface area contributed by atoms with Gasteiger partial charge < -0.3 is 20.5 Å². The number of fused-ring (bicyclic) bond motifs is 1. The van der Waals surface area contributed by atoms with Crippen molar-refractivity contribution in [2.24, 2.45) is 12.8 Å². The summed E-state index contributed by atoms with van der Waals surface area (Å²) >= 11 is 0. The summed E-state index contributed by atoms with van der Waals surface area (Å²) in [5, 5.41) is 3.29. The van der Waals surface area contributed by atoms with Crippen molar-refractivity contribution in [2.45, 2.75) is 45.8 Å². The number of imidazole rings is 1. The largest absolute Gasteiger partial charge is 0.351 e. The number of rotatable bonds is 6. The Kier molecular flexibility index (Phi) is 6.08. The molecule has 0 aliphatic carbocycles. The average molecular weight is 422 g/mol. The van der Waals surface area contributed by atoms with Crippen LogP contribution in [0.5, 0.6) is 0 Å². The van der Waals surface area contributed by atoms with E-state index in [0.29, 0.717) is 30.2 Å². The predicted octanol–water partition coefficient (Wildman–Crippen LogP) is 2.64. The van der Waals surface area contributed by atoms with E-state index in [4.69, 9.17) is 15.7 Å². The minimum absolute atomic E-state index is 0.107. The van der Waals surface area contributed by atoms with Crippen LogP contribution in [0.1, 0.15) is 32.3 Å². The van der Waals surface area contributed by atoms with E-state index in [9.17, 15) is 4.79 Å². The van der Waals surface area contributed by atoms with E-state index in [2.05, 4.69) is 23.2 Å².